The number of amides is 1. The summed E-state index contributed by atoms with van der Waals surface area (Å²) in [5.74, 6) is 5.60. The van der Waals surface area contributed by atoms with Gasteiger partial charge in [-0.25, -0.2) is 0 Å². The Morgan fingerprint density at radius 3 is 2.41 bits per heavy atom. The zero-order valence-electron chi connectivity index (χ0n) is 28.2. The number of hydrogen-bond donors (Lipinski definition) is 0. The van der Waals surface area contributed by atoms with Gasteiger partial charge in [0, 0.05) is 44.0 Å². The molecule has 11 heteroatoms. The maximum Gasteiger partial charge on any atom is 0.416 e. The van der Waals surface area contributed by atoms with E-state index in [1.165, 1.54) is 38.8 Å². The third-order valence-electron chi connectivity index (χ3n) is 11.0. The summed E-state index contributed by atoms with van der Waals surface area (Å²) >= 11 is 0. The molecule has 7 rings (SSSR count). The van der Waals surface area contributed by atoms with Gasteiger partial charge in [0.15, 0.2) is 11.5 Å². The van der Waals surface area contributed by atoms with Crippen LogP contribution < -0.4 is 9.47 Å². The SMILES string of the molecule is CC(=O)Oc1ccc2c3c1O[C@H]1[C@@H](N(CC(C)C)C(=O)C#Cc4ccc(C(F)(F)F)cc4)CC[C@@]4(OC(C)=O)[C@@H](C2)N(CC2CC2)CC[C@]314. The first-order chi connectivity index (χ1) is 23.2. The lowest BCUT2D eigenvalue weighted by Gasteiger charge is -2.65. The third-order valence-corrected chi connectivity index (χ3v) is 11.0. The number of benzene rings is 2. The monoisotopic (exact) mass is 678 g/mol. The van der Waals surface area contributed by atoms with Crippen molar-refractivity contribution < 1.29 is 41.8 Å². The number of halogens is 3. The van der Waals surface area contributed by atoms with E-state index in [2.05, 4.69) is 16.7 Å². The van der Waals surface area contributed by atoms with Crippen molar-refractivity contribution in [3.63, 3.8) is 0 Å². The minimum absolute atomic E-state index is 0.0601. The van der Waals surface area contributed by atoms with Gasteiger partial charge in [0.2, 0.25) is 0 Å². The van der Waals surface area contributed by atoms with Crippen LogP contribution in [0.3, 0.4) is 0 Å². The first-order valence-corrected chi connectivity index (χ1v) is 17.2. The lowest BCUT2D eigenvalue weighted by molar-refractivity contribution is -0.224. The fourth-order valence-electron chi connectivity index (χ4n) is 9.14. The Bertz CT molecular complexity index is 1740. The molecule has 0 N–H and O–H groups in total. The molecule has 2 aromatic rings. The quantitative estimate of drug-likeness (QED) is 0.212. The maximum absolute atomic E-state index is 14.1. The highest BCUT2D eigenvalue weighted by Gasteiger charge is 2.76. The Kier molecular flexibility index (Phi) is 8.25. The van der Waals surface area contributed by atoms with Crippen LogP contribution in [0.4, 0.5) is 13.2 Å². The van der Waals surface area contributed by atoms with Crippen LogP contribution in [0.2, 0.25) is 0 Å². The molecular formula is C38H41F3N2O6. The van der Waals surface area contributed by atoms with Crippen LogP contribution in [0.1, 0.15) is 82.1 Å². The van der Waals surface area contributed by atoms with Crippen molar-refractivity contribution in [1.82, 2.24) is 9.80 Å². The number of piperidine rings is 1. The van der Waals surface area contributed by atoms with Gasteiger partial charge in [-0.3, -0.25) is 19.3 Å². The summed E-state index contributed by atoms with van der Waals surface area (Å²) < 4.78 is 58.6. The van der Waals surface area contributed by atoms with Gasteiger partial charge < -0.3 is 19.1 Å². The molecule has 8 nitrogen and oxygen atoms in total. The molecule has 1 saturated heterocycles. The molecule has 0 unspecified atom stereocenters. The predicted octanol–water partition coefficient (Wildman–Crippen LogP) is 5.67. The maximum atomic E-state index is 14.1. The molecule has 2 aromatic carbocycles. The summed E-state index contributed by atoms with van der Waals surface area (Å²) in [6.07, 6.45) is -0.490. The molecule has 1 spiro atoms. The molecule has 5 atom stereocenters. The summed E-state index contributed by atoms with van der Waals surface area (Å²) in [6, 6.07) is 7.62. The Hall–Kier alpha value is -4.04. The van der Waals surface area contributed by atoms with E-state index < -0.39 is 46.8 Å². The van der Waals surface area contributed by atoms with Gasteiger partial charge in [0.05, 0.1) is 23.1 Å². The molecule has 2 bridgehead atoms. The highest BCUT2D eigenvalue weighted by Crippen LogP contribution is 2.67. The van der Waals surface area contributed by atoms with Crippen LogP contribution in [-0.4, -0.2) is 71.1 Å². The Morgan fingerprint density at radius 1 is 1.04 bits per heavy atom. The van der Waals surface area contributed by atoms with E-state index in [1.54, 1.807) is 11.0 Å². The van der Waals surface area contributed by atoms with E-state index in [0.29, 0.717) is 55.2 Å². The van der Waals surface area contributed by atoms with Gasteiger partial charge in [-0.1, -0.05) is 25.8 Å². The summed E-state index contributed by atoms with van der Waals surface area (Å²) in [4.78, 5) is 43.6. The fourth-order valence-corrected chi connectivity index (χ4v) is 9.14. The highest BCUT2D eigenvalue weighted by molar-refractivity contribution is 5.94. The Balaban J connectivity index is 1.32. The van der Waals surface area contributed by atoms with E-state index in [9.17, 15) is 27.6 Å². The molecule has 5 aliphatic rings. The molecule has 0 radical (unpaired) electrons. The zero-order chi connectivity index (χ0) is 34.9. The average molecular weight is 679 g/mol. The topological polar surface area (TPSA) is 85.4 Å². The third kappa shape index (κ3) is 5.66. The van der Waals surface area contributed by atoms with Crippen LogP contribution in [0, 0.1) is 23.7 Å². The molecule has 0 aromatic heterocycles. The number of carbonyl (C=O) groups is 3. The molecule has 2 saturated carbocycles. The first kappa shape index (κ1) is 33.5. The van der Waals surface area contributed by atoms with E-state index in [4.69, 9.17) is 14.2 Å². The molecule has 2 heterocycles. The Morgan fingerprint density at radius 2 is 1.78 bits per heavy atom. The number of carbonyl (C=O) groups excluding carboxylic acids is 3. The fraction of sp³-hybridized carbons (Fsp3) is 0.553. The summed E-state index contributed by atoms with van der Waals surface area (Å²) in [7, 11) is 0. The second-order valence-corrected chi connectivity index (χ2v) is 14.7. The van der Waals surface area contributed by atoms with Crippen LogP contribution in [-0.2, 0) is 37.1 Å². The minimum atomic E-state index is -4.47. The second kappa shape index (κ2) is 12.1. The summed E-state index contributed by atoms with van der Waals surface area (Å²) in [5, 5.41) is 0. The molecule has 1 amide bonds. The summed E-state index contributed by atoms with van der Waals surface area (Å²) in [6.45, 7) is 8.84. The summed E-state index contributed by atoms with van der Waals surface area (Å²) in [5.41, 5.74) is -0.285. The van der Waals surface area contributed by atoms with Gasteiger partial charge in [0.25, 0.3) is 5.91 Å². The lowest BCUT2D eigenvalue weighted by Crippen LogP contribution is -2.79. The standard InChI is InChI=1S/C38H41F3N2O6/c1-22(2)20-43(32(46)14-9-25-7-11-28(12-8-25)38(39,40)41)29-15-16-37(49-24(4)45)31-19-27-10-13-30(47-23(3)44)34-33(27)36(37,35(29)48-34)17-18-42(31)21-26-5-6-26/h7-8,10-13,22,26,29,31,35H,5-6,15-21H2,1-4H3/t29-,31+,35-,36-,37+/m0/s1. The number of ether oxygens (including phenoxy) is 3. The van der Waals surface area contributed by atoms with Crippen molar-refractivity contribution in [3.8, 4) is 23.3 Å². The largest absolute Gasteiger partial charge is 0.483 e. The zero-order valence-corrected chi connectivity index (χ0v) is 28.2. The number of rotatable bonds is 7. The molecule has 3 aliphatic carbocycles. The number of hydrogen-bond acceptors (Lipinski definition) is 7. The normalized spacial score (nSPS) is 28.1. The number of likely N-dealkylation sites (tertiary alicyclic amines) is 1. The number of alkyl halides is 3. The first-order valence-electron chi connectivity index (χ1n) is 17.2. The highest BCUT2D eigenvalue weighted by atomic mass is 19.4. The van der Waals surface area contributed by atoms with E-state index >= 15 is 0 Å². The van der Waals surface area contributed by atoms with Crippen LogP contribution in [0.25, 0.3) is 0 Å². The van der Waals surface area contributed by atoms with Crippen molar-refractivity contribution >= 4 is 17.8 Å². The number of esters is 2. The average Bonchev–Trinajstić information content (AvgIpc) is 3.77. The van der Waals surface area contributed by atoms with Gasteiger partial charge in [0.1, 0.15) is 11.7 Å². The smallest absolute Gasteiger partial charge is 0.416 e. The van der Waals surface area contributed by atoms with E-state index in [-0.39, 0.29) is 17.9 Å². The van der Waals surface area contributed by atoms with Crippen molar-refractivity contribution in [2.75, 3.05) is 19.6 Å². The minimum Gasteiger partial charge on any atom is -0.483 e. The van der Waals surface area contributed by atoms with E-state index in [0.717, 1.165) is 36.3 Å². The van der Waals surface area contributed by atoms with Crippen molar-refractivity contribution in [2.45, 2.75) is 102 Å². The molecular weight excluding hydrogens is 637 g/mol. The van der Waals surface area contributed by atoms with Gasteiger partial charge >= 0.3 is 18.1 Å². The molecule has 260 valence electrons. The van der Waals surface area contributed by atoms with E-state index in [1.807, 2.05) is 19.9 Å². The van der Waals surface area contributed by atoms with Crippen molar-refractivity contribution in [3.05, 3.63) is 58.7 Å². The van der Waals surface area contributed by atoms with Crippen LogP contribution in [0.5, 0.6) is 11.5 Å². The van der Waals surface area contributed by atoms with Gasteiger partial charge in [-0.15, -0.1) is 0 Å². The molecule has 49 heavy (non-hydrogen) atoms. The van der Waals surface area contributed by atoms with Gasteiger partial charge in [-0.05, 0) is 92.8 Å². The number of nitrogens with zero attached hydrogens (tertiary/aromatic N) is 2. The van der Waals surface area contributed by atoms with Gasteiger partial charge in [-0.2, -0.15) is 13.2 Å². The van der Waals surface area contributed by atoms with Crippen LogP contribution >= 0.6 is 0 Å². The van der Waals surface area contributed by atoms with Crippen LogP contribution in [0.15, 0.2) is 36.4 Å². The predicted molar refractivity (Wildman–Crippen MR) is 173 cm³/mol. The van der Waals surface area contributed by atoms with Crippen molar-refractivity contribution in [2.24, 2.45) is 11.8 Å². The lowest BCUT2D eigenvalue weighted by atomic mass is 9.48. The molecule has 3 fully saturated rings. The molecule has 2 aliphatic heterocycles. The second-order valence-electron chi connectivity index (χ2n) is 14.7. The Labute approximate surface area is 284 Å². The van der Waals surface area contributed by atoms with Crippen molar-refractivity contribution in [1.29, 1.82) is 0 Å².